The van der Waals surface area contributed by atoms with Crippen LogP contribution in [-0.4, -0.2) is 19.8 Å². The van der Waals surface area contributed by atoms with Crippen molar-refractivity contribution in [3.05, 3.63) is 47.5 Å². The minimum absolute atomic E-state index is 0.266. The van der Waals surface area contributed by atoms with Gasteiger partial charge in [-0.05, 0) is 56.2 Å². The molecule has 0 radical (unpaired) electrons. The molecule has 4 nitrogen and oxygen atoms in total. The number of nitrogen functional groups attached to an aromatic ring is 1. The fourth-order valence-corrected chi connectivity index (χ4v) is 2.27. The van der Waals surface area contributed by atoms with Crippen LogP contribution in [0, 0.1) is 0 Å². The molecule has 4 heteroatoms. The first-order valence-electron chi connectivity index (χ1n) is 7.80. The fourth-order valence-electron chi connectivity index (χ4n) is 2.27. The molecule has 0 aliphatic rings. The van der Waals surface area contributed by atoms with Crippen molar-refractivity contribution < 1.29 is 14.2 Å². The van der Waals surface area contributed by atoms with Gasteiger partial charge < -0.3 is 19.9 Å². The van der Waals surface area contributed by atoms with Crippen molar-refractivity contribution >= 4 is 17.8 Å². The van der Waals surface area contributed by atoms with Crippen LogP contribution in [0.3, 0.4) is 0 Å². The number of hydrogen-bond acceptors (Lipinski definition) is 4. The van der Waals surface area contributed by atoms with Crippen LogP contribution in [0.25, 0.3) is 12.2 Å². The lowest BCUT2D eigenvalue weighted by atomic mass is 10.1. The zero-order chi connectivity index (χ0) is 17.7. The van der Waals surface area contributed by atoms with Gasteiger partial charge in [-0.25, -0.2) is 0 Å². The minimum Gasteiger partial charge on any atom is -0.497 e. The lowest BCUT2D eigenvalue weighted by molar-refractivity contribution is 0.130. The van der Waals surface area contributed by atoms with Crippen molar-refractivity contribution in [2.45, 2.75) is 26.4 Å². The topological polar surface area (TPSA) is 53.7 Å². The maximum absolute atomic E-state index is 5.94. The third kappa shape index (κ3) is 4.95. The van der Waals surface area contributed by atoms with Crippen molar-refractivity contribution in [1.29, 1.82) is 0 Å². The summed E-state index contributed by atoms with van der Waals surface area (Å²) in [5.41, 5.74) is 8.27. The van der Waals surface area contributed by atoms with Gasteiger partial charge in [0, 0.05) is 6.07 Å². The molecule has 2 rings (SSSR count). The zero-order valence-electron chi connectivity index (χ0n) is 14.9. The highest BCUT2D eigenvalue weighted by molar-refractivity contribution is 5.73. The number of anilines is 1. The van der Waals surface area contributed by atoms with E-state index in [2.05, 4.69) is 0 Å². The van der Waals surface area contributed by atoms with Crippen molar-refractivity contribution in [2.24, 2.45) is 0 Å². The van der Waals surface area contributed by atoms with E-state index in [0.717, 1.165) is 22.6 Å². The normalized spacial score (nSPS) is 11.5. The van der Waals surface area contributed by atoms with E-state index in [9.17, 15) is 0 Å². The van der Waals surface area contributed by atoms with Gasteiger partial charge in [0.15, 0.2) is 0 Å². The maximum atomic E-state index is 5.94. The SMILES string of the molecule is COc1cc(/C=C\c2ccc(OC)c(N)c2)cc(OC(C)(C)C)c1. The average Bonchev–Trinajstić information content (AvgIpc) is 2.51. The molecular weight excluding hydrogens is 302 g/mol. The molecule has 0 amide bonds. The van der Waals surface area contributed by atoms with Crippen LogP contribution < -0.4 is 19.9 Å². The molecule has 0 bridgehead atoms. The Hall–Kier alpha value is -2.62. The number of ether oxygens (including phenoxy) is 3. The number of methoxy groups -OCH3 is 2. The molecule has 0 saturated carbocycles. The summed E-state index contributed by atoms with van der Waals surface area (Å²) in [5.74, 6) is 2.20. The molecule has 0 spiro atoms. The van der Waals surface area contributed by atoms with E-state index in [1.54, 1.807) is 14.2 Å². The summed E-state index contributed by atoms with van der Waals surface area (Å²) in [6, 6.07) is 11.5. The van der Waals surface area contributed by atoms with Crippen molar-refractivity contribution in [2.75, 3.05) is 20.0 Å². The third-order valence-corrected chi connectivity index (χ3v) is 3.28. The molecule has 0 saturated heterocycles. The van der Waals surface area contributed by atoms with Crippen LogP contribution in [-0.2, 0) is 0 Å². The maximum Gasteiger partial charge on any atom is 0.141 e. The van der Waals surface area contributed by atoms with Crippen LogP contribution in [0.4, 0.5) is 5.69 Å². The van der Waals surface area contributed by atoms with E-state index in [-0.39, 0.29) is 5.60 Å². The molecule has 2 N–H and O–H groups in total. The average molecular weight is 327 g/mol. The van der Waals surface area contributed by atoms with Crippen LogP contribution in [0.1, 0.15) is 31.9 Å². The van der Waals surface area contributed by atoms with E-state index in [1.807, 2.05) is 69.3 Å². The van der Waals surface area contributed by atoms with Crippen LogP contribution in [0.5, 0.6) is 17.2 Å². The monoisotopic (exact) mass is 327 g/mol. The molecule has 2 aromatic carbocycles. The third-order valence-electron chi connectivity index (χ3n) is 3.28. The Kier molecular flexibility index (Phi) is 5.39. The largest absolute Gasteiger partial charge is 0.497 e. The molecule has 24 heavy (non-hydrogen) atoms. The van der Waals surface area contributed by atoms with Crippen LogP contribution in [0.15, 0.2) is 36.4 Å². The van der Waals surface area contributed by atoms with Crippen molar-refractivity contribution in [3.63, 3.8) is 0 Å². The van der Waals surface area contributed by atoms with E-state index in [0.29, 0.717) is 11.4 Å². The first-order chi connectivity index (χ1) is 11.3. The van der Waals surface area contributed by atoms with Gasteiger partial charge in [0.1, 0.15) is 22.8 Å². The highest BCUT2D eigenvalue weighted by Crippen LogP contribution is 2.28. The molecule has 0 fully saturated rings. The van der Waals surface area contributed by atoms with Crippen LogP contribution >= 0.6 is 0 Å². The van der Waals surface area contributed by atoms with E-state index >= 15 is 0 Å². The first kappa shape index (κ1) is 17.7. The van der Waals surface area contributed by atoms with Gasteiger partial charge >= 0.3 is 0 Å². The molecule has 128 valence electrons. The van der Waals surface area contributed by atoms with E-state index in [1.165, 1.54) is 0 Å². The Morgan fingerprint density at radius 2 is 1.50 bits per heavy atom. The summed E-state index contributed by atoms with van der Waals surface area (Å²) in [6.45, 7) is 6.05. The lowest BCUT2D eigenvalue weighted by Crippen LogP contribution is -2.22. The number of nitrogens with two attached hydrogens (primary N) is 1. The van der Waals surface area contributed by atoms with Gasteiger partial charge in [0.05, 0.1) is 19.9 Å². The Balaban J connectivity index is 2.27. The standard InChI is InChI=1S/C20H25NO3/c1-20(2,3)24-17-11-15(10-16(13-17)22-4)7-6-14-8-9-19(23-5)18(21)12-14/h6-13H,21H2,1-5H3/b7-6-. The summed E-state index contributed by atoms with van der Waals surface area (Å²) < 4.78 is 16.5. The van der Waals surface area contributed by atoms with E-state index in [4.69, 9.17) is 19.9 Å². The fraction of sp³-hybridized carbons (Fsp3) is 0.300. The summed E-state index contributed by atoms with van der Waals surface area (Å²) in [7, 11) is 3.25. The van der Waals surface area contributed by atoms with Crippen LogP contribution in [0.2, 0.25) is 0 Å². The number of hydrogen-bond donors (Lipinski definition) is 1. The quantitative estimate of drug-likeness (QED) is 0.642. The number of rotatable bonds is 5. The Morgan fingerprint density at radius 1 is 0.833 bits per heavy atom. The number of benzene rings is 2. The van der Waals surface area contributed by atoms with Gasteiger partial charge in [-0.15, -0.1) is 0 Å². The smallest absolute Gasteiger partial charge is 0.141 e. The second-order valence-electron chi connectivity index (χ2n) is 6.49. The molecule has 2 aromatic rings. The molecule has 0 aliphatic carbocycles. The molecule has 0 aromatic heterocycles. The van der Waals surface area contributed by atoms with Gasteiger partial charge in [0.2, 0.25) is 0 Å². The van der Waals surface area contributed by atoms with Gasteiger partial charge in [-0.2, -0.15) is 0 Å². The first-order valence-corrected chi connectivity index (χ1v) is 7.80. The Morgan fingerprint density at radius 3 is 2.08 bits per heavy atom. The van der Waals surface area contributed by atoms with Crippen molar-refractivity contribution in [3.8, 4) is 17.2 Å². The Bertz CT molecular complexity index is 730. The van der Waals surface area contributed by atoms with Gasteiger partial charge in [0.25, 0.3) is 0 Å². The minimum atomic E-state index is -0.266. The molecule has 0 atom stereocenters. The summed E-state index contributed by atoms with van der Waals surface area (Å²) >= 11 is 0. The molecule has 0 heterocycles. The summed E-state index contributed by atoms with van der Waals surface area (Å²) in [4.78, 5) is 0. The predicted molar refractivity (Wildman–Crippen MR) is 99.7 cm³/mol. The van der Waals surface area contributed by atoms with Gasteiger partial charge in [-0.3, -0.25) is 0 Å². The molecular formula is C20H25NO3. The highest BCUT2D eigenvalue weighted by atomic mass is 16.5. The summed E-state index contributed by atoms with van der Waals surface area (Å²) in [5, 5.41) is 0. The van der Waals surface area contributed by atoms with Gasteiger partial charge in [-0.1, -0.05) is 18.2 Å². The van der Waals surface area contributed by atoms with Crippen molar-refractivity contribution in [1.82, 2.24) is 0 Å². The second-order valence-corrected chi connectivity index (χ2v) is 6.49. The molecule has 0 aliphatic heterocycles. The second kappa shape index (κ2) is 7.30. The molecule has 0 unspecified atom stereocenters. The lowest BCUT2D eigenvalue weighted by Gasteiger charge is -2.22. The zero-order valence-corrected chi connectivity index (χ0v) is 14.9. The predicted octanol–water partition coefficient (Wildman–Crippen LogP) is 4.63. The van der Waals surface area contributed by atoms with E-state index < -0.39 is 0 Å². The Labute approximate surface area is 143 Å². The highest BCUT2D eigenvalue weighted by Gasteiger charge is 2.12. The summed E-state index contributed by atoms with van der Waals surface area (Å²) in [6.07, 6.45) is 3.99.